The highest BCUT2D eigenvalue weighted by atomic mass is 19.1. The zero-order valence-electron chi connectivity index (χ0n) is 7.67. The summed E-state index contributed by atoms with van der Waals surface area (Å²) in [5.41, 5.74) is 0.673. The van der Waals surface area contributed by atoms with Crippen molar-refractivity contribution < 1.29 is 18.7 Å². The van der Waals surface area contributed by atoms with Crippen molar-refractivity contribution in [3.8, 4) is 11.5 Å². The molecule has 14 heavy (non-hydrogen) atoms. The van der Waals surface area contributed by atoms with Gasteiger partial charge in [0.05, 0.1) is 0 Å². The first kappa shape index (κ1) is 8.99. The normalized spacial score (nSPS) is 13.0. The van der Waals surface area contributed by atoms with Gasteiger partial charge in [-0.15, -0.1) is 0 Å². The molecule has 74 valence electrons. The maximum atomic E-state index is 13.1. The average molecular weight is 196 g/mol. The molecule has 0 amide bonds. The van der Waals surface area contributed by atoms with Gasteiger partial charge in [-0.05, 0) is 13.0 Å². The van der Waals surface area contributed by atoms with Crippen molar-refractivity contribution in [3.63, 3.8) is 0 Å². The second-order valence-corrected chi connectivity index (χ2v) is 3.15. The van der Waals surface area contributed by atoms with Gasteiger partial charge in [-0.1, -0.05) is 6.07 Å². The number of ether oxygens (including phenoxy) is 2. The molecular formula is C10H9FO3. The van der Waals surface area contributed by atoms with E-state index in [0.29, 0.717) is 11.3 Å². The van der Waals surface area contributed by atoms with Gasteiger partial charge in [-0.2, -0.15) is 0 Å². The third-order valence-corrected chi connectivity index (χ3v) is 1.99. The monoisotopic (exact) mass is 196 g/mol. The summed E-state index contributed by atoms with van der Waals surface area (Å²) in [6.07, 6.45) is 0.242. The van der Waals surface area contributed by atoms with Crippen LogP contribution in [0.25, 0.3) is 0 Å². The molecule has 1 heterocycles. The Kier molecular flexibility index (Phi) is 2.11. The van der Waals surface area contributed by atoms with Crippen molar-refractivity contribution in [3.05, 3.63) is 23.5 Å². The van der Waals surface area contributed by atoms with E-state index in [4.69, 9.17) is 9.47 Å². The first-order chi connectivity index (χ1) is 6.68. The lowest BCUT2D eigenvalue weighted by Gasteiger charge is -2.03. The summed E-state index contributed by atoms with van der Waals surface area (Å²) in [6.45, 7) is 1.49. The first-order valence-corrected chi connectivity index (χ1v) is 4.25. The number of rotatable bonds is 2. The number of hydrogen-bond acceptors (Lipinski definition) is 3. The Hall–Kier alpha value is -1.58. The number of halogens is 1. The fourth-order valence-corrected chi connectivity index (χ4v) is 1.43. The first-order valence-electron chi connectivity index (χ1n) is 4.25. The van der Waals surface area contributed by atoms with Gasteiger partial charge in [0.2, 0.25) is 12.5 Å². The minimum absolute atomic E-state index is 0.00862. The molecule has 0 unspecified atom stereocenters. The van der Waals surface area contributed by atoms with Gasteiger partial charge in [0.25, 0.3) is 0 Å². The average Bonchev–Trinajstić information content (AvgIpc) is 2.58. The van der Waals surface area contributed by atoms with Crippen LogP contribution in [0.2, 0.25) is 0 Å². The van der Waals surface area contributed by atoms with Crippen LogP contribution in [0.5, 0.6) is 11.5 Å². The van der Waals surface area contributed by atoms with Gasteiger partial charge in [0.1, 0.15) is 5.78 Å². The maximum Gasteiger partial charge on any atom is 0.231 e. The molecule has 1 aliphatic rings. The molecule has 0 fully saturated rings. The molecule has 0 saturated heterocycles. The van der Waals surface area contributed by atoms with Gasteiger partial charge in [0.15, 0.2) is 11.6 Å². The molecule has 4 heteroatoms. The highest BCUT2D eigenvalue weighted by Crippen LogP contribution is 2.38. The lowest BCUT2D eigenvalue weighted by molar-refractivity contribution is -0.116. The van der Waals surface area contributed by atoms with E-state index in [2.05, 4.69) is 0 Å². The zero-order valence-corrected chi connectivity index (χ0v) is 7.67. The smallest absolute Gasteiger partial charge is 0.231 e. The van der Waals surface area contributed by atoms with Crippen molar-refractivity contribution in [1.29, 1.82) is 0 Å². The molecule has 1 aromatic carbocycles. The van der Waals surface area contributed by atoms with Gasteiger partial charge >= 0.3 is 0 Å². The maximum absolute atomic E-state index is 13.1. The van der Waals surface area contributed by atoms with Crippen molar-refractivity contribution >= 4 is 5.78 Å². The number of Topliss-reactive ketones (excluding diaryl/α,β-unsaturated/α-hetero) is 1. The highest BCUT2D eigenvalue weighted by Gasteiger charge is 2.22. The van der Waals surface area contributed by atoms with Crippen LogP contribution in [-0.4, -0.2) is 12.6 Å². The fraction of sp³-hybridized carbons (Fsp3) is 0.300. The van der Waals surface area contributed by atoms with Crippen LogP contribution in [0.3, 0.4) is 0 Å². The van der Waals surface area contributed by atoms with Crippen molar-refractivity contribution in [2.45, 2.75) is 13.3 Å². The standard InChI is InChI=1S/C10H9FO3/c1-6(12)4-7-2-3-8(11)10-9(7)13-5-14-10/h2-3H,4-5H2,1H3. The molecule has 1 aromatic rings. The molecule has 0 radical (unpaired) electrons. The Labute approximate surface area is 80.4 Å². The largest absolute Gasteiger partial charge is 0.453 e. The summed E-state index contributed by atoms with van der Waals surface area (Å²) in [6, 6.07) is 2.83. The molecule has 0 bridgehead atoms. The number of carbonyl (C=O) groups excluding carboxylic acids is 1. The Morgan fingerprint density at radius 2 is 2.14 bits per heavy atom. The number of fused-ring (bicyclic) bond motifs is 1. The predicted molar refractivity (Wildman–Crippen MR) is 46.9 cm³/mol. The van der Waals surface area contributed by atoms with Gasteiger partial charge < -0.3 is 9.47 Å². The van der Waals surface area contributed by atoms with Gasteiger partial charge in [-0.25, -0.2) is 4.39 Å². The number of benzene rings is 1. The number of hydrogen-bond donors (Lipinski definition) is 0. The Balaban J connectivity index is 2.43. The summed E-state index contributed by atoms with van der Waals surface area (Å²) in [4.78, 5) is 10.9. The highest BCUT2D eigenvalue weighted by molar-refractivity contribution is 5.79. The molecule has 1 aliphatic heterocycles. The van der Waals surface area contributed by atoms with E-state index >= 15 is 0 Å². The van der Waals surface area contributed by atoms with E-state index in [9.17, 15) is 9.18 Å². The van der Waals surface area contributed by atoms with E-state index in [-0.39, 0.29) is 24.7 Å². The van der Waals surface area contributed by atoms with Crippen LogP contribution in [-0.2, 0) is 11.2 Å². The summed E-state index contributed by atoms with van der Waals surface area (Å²) in [5.74, 6) is 0.0306. The Morgan fingerprint density at radius 1 is 1.43 bits per heavy atom. The van der Waals surface area contributed by atoms with Crippen LogP contribution in [0.15, 0.2) is 12.1 Å². The van der Waals surface area contributed by atoms with Crippen LogP contribution >= 0.6 is 0 Å². The molecule has 3 nitrogen and oxygen atoms in total. The Morgan fingerprint density at radius 3 is 2.86 bits per heavy atom. The third-order valence-electron chi connectivity index (χ3n) is 1.99. The summed E-state index contributed by atoms with van der Waals surface area (Å²) in [5, 5.41) is 0. The lowest BCUT2D eigenvalue weighted by atomic mass is 10.1. The summed E-state index contributed by atoms with van der Waals surface area (Å²) >= 11 is 0. The van der Waals surface area contributed by atoms with E-state index in [1.165, 1.54) is 13.0 Å². The molecule has 0 N–H and O–H groups in total. The summed E-state index contributed by atoms with van der Waals surface area (Å²) < 4.78 is 23.2. The summed E-state index contributed by atoms with van der Waals surface area (Å²) in [7, 11) is 0. The molecule has 0 atom stereocenters. The predicted octanol–water partition coefficient (Wildman–Crippen LogP) is 1.69. The molecular weight excluding hydrogens is 187 g/mol. The van der Waals surface area contributed by atoms with E-state index < -0.39 is 5.82 Å². The zero-order chi connectivity index (χ0) is 10.1. The second-order valence-electron chi connectivity index (χ2n) is 3.15. The topological polar surface area (TPSA) is 35.5 Å². The SMILES string of the molecule is CC(=O)Cc1ccc(F)c2c1OCO2. The molecule has 0 spiro atoms. The third kappa shape index (κ3) is 1.43. The minimum Gasteiger partial charge on any atom is -0.453 e. The van der Waals surface area contributed by atoms with Crippen LogP contribution < -0.4 is 9.47 Å². The van der Waals surface area contributed by atoms with Gasteiger partial charge in [-0.3, -0.25) is 4.79 Å². The van der Waals surface area contributed by atoms with Crippen molar-refractivity contribution in [2.24, 2.45) is 0 Å². The fourth-order valence-electron chi connectivity index (χ4n) is 1.43. The quantitative estimate of drug-likeness (QED) is 0.722. The molecule has 0 aromatic heterocycles. The van der Waals surface area contributed by atoms with Crippen molar-refractivity contribution in [1.82, 2.24) is 0 Å². The molecule has 2 rings (SSSR count). The Bertz CT molecular complexity index is 387. The number of ketones is 1. The van der Waals surface area contributed by atoms with Crippen molar-refractivity contribution in [2.75, 3.05) is 6.79 Å². The minimum atomic E-state index is -0.454. The molecule has 0 aliphatic carbocycles. The number of carbonyl (C=O) groups is 1. The van der Waals surface area contributed by atoms with E-state index in [1.807, 2.05) is 0 Å². The van der Waals surface area contributed by atoms with Crippen LogP contribution in [0.1, 0.15) is 12.5 Å². The van der Waals surface area contributed by atoms with Gasteiger partial charge in [0, 0.05) is 12.0 Å². The van der Waals surface area contributed by atoms with E-state index in [0.717, 1.165) is 0 Å². The van der Waals surface area contributed by atoms with Crippen LogP contribution in [0.4, 0.5) is 4.39 Å². The van der Waals surface area contributed by atoms with Crippen LogP contribution in [0, 0.1) is 5.82 Å². The lowest BCUT2D eigenvalue weighted by Crippen LogP contribution is -1.99. The van der Waals surface area contributed by atoms with E-state index in [1.54, 1.807) is 6.07 Å². The second kappa shape index (κ2) is 3.29. The molecule has 0 saturated carbocycles.